The zero-order valence-corrected chi connectivity index (χ0v) is 16.4. The third-order valence-corrected chi connectivity index (χ3v) is 4.90. The highest BCUT2D eigenvalue weighted by Crippen LogP contribution is 2.37. The minimum absolute atomic E-state index is 0.372. The summed E-state index contributed by atoms with van der Waals surface area (Å²) in [6.45, 7) is 12.2. The first-order valence-electron chi connectivity index (χ1n) is 8.94. The van der Waals surface area contributed by atoms with Crippen LogP contribution in [0.4, 0.5) is 0 Å². The van der Waals surface area contributed by atoms with Gasteiger partial charge in [0, 0.05) is 0 Å². The monoisotopic (exact) mass is 346 g/mol. The lowest BCUT2D eigenvalue weighted by molar-refractivity contribution is 0.466. The molecule has 0 amide bonds. The number of rotatable bonds is 3. The summed E-state index contributed by atoms with van der Waals surface area (Å²) in [5, 5.41) is 10.0. The van der Waals surface area contributed by atoms with Gasteiger partial charge in [-0.15, -0.1) is 0 Å². The second kappa shape index (κ2) is 6.87. The van der Waals surface area contributed by atoms with Crippen LogP contribution >= 0.6 is 0 Å². The van der Waals surface area contributed by atoms with Crippen molar-refractivity contribution < 1.29 is 9.84 Å². The maximum Gasteiger partial charge on any atom is 0.133 e. The van der Waals surface area contributed by atoms with Crippen molar-refractivity contribution in [3.63, 3.8) is 0 Å². The molecule has 2 nitrogen and oxygen atoms in total. The van der Waals surface area contributed by atoms with E-state index in [2.05, 4.69) is 58.0 Å². The van der Waals surface area contributed by atoms with Gasteiger partial charge in [-0.3, -0.25) is 0 Å². The Kier molecular flexibility index (Phi) is 4.78. The van der Waals surface area contributed by atoms with Crippen LogP contribution in [0.3, 0.4) is 0 Å². The number of hydrogen-bond acceptors (Lipinski definition) is 2. The van der Waals surface area contributed by atoms with Gasteiger partial charge < -0.3 is 9.84 Å². The smallest absolute Gasteiger partial charge is 0.133 e. The Labute approximate surface area is 156 Å². The molecule has 0 unspecified atom stereocenters. The van der Waals surface area contributed by atoms with Gasteiger partial charge >= 0.3 is 0 Å². The summed E-state index contributed by atoms with van der Waals surface area (Å²) < 4.78 is 6.32. The van der Waals surface area contributed by atoms with Crippen molar-refractivity contribution in [1.82, 2.24) is 0 Å². The minimum Gasteiger partial charge on any atom is -0.507 e. The molecule has 134 valence electrons. The van der Waals surface area contributed by atoms with Crippen molar-refractivity contribution in [2.45, 2.75) is 41.5 Å². The molecular weight excluding hydrogens is 320 g/mol. The van der Waals surface area contributed by atoms with Crippen LogP contribution in [0.25, 0.3) is 11.1 Å². The molecule has 0 radical (unpaired) electrons. The zero-order valence-electron chi connectivity index (χ0n) is 16.4. The maximum absolute atomic E-state index is 10.0. The lowest BCUT2D eigenvalue weighted by atomic mass is 9.96. The first-order chi connectivity index (χ1) is 12.3. The van der Waals surface area contributed by atoms with E-state index in [1.165, 1.54) is 0 Å². The molecule has 0 spiro atoms. The van der Waals surface area contributed by atoms with E-state index in [0.29, 0.717) is 5.75 Å². The van der Waals surface area contributed by atoms with Crippen LogP contribution in [0, 0.1) is 41.5 Å². The van der Waals surface area contributed by atoms with E-state index in [9.17, 15) is 5.11 Å². The highest BCUT2D eigenvalue weighted by atomic mass is 16.5. The molecule has 2 heteroatoms. The molecule has 26 heavy (non-hydrogen) atoms. The number of aromatic hydroxyl groups is 1. The van der Waals surface area contributed by atoms with Crippen LogP contribution in [0.2, 0.25) is 0 Å². The highest BCUT2D eigenvalue weighted by molar-refractivity contribution is 5.70. The van der Waals surface area contributed by atoms with Crippen molar-refractivity contribution >= 4 is 0 Å². The number of hydrogen-bond donors (Lipinski definition) is 1. The summed E-state index contributed by atoms with van der Waals surface area (Å²) in [7, 11) is 0. The third kappa shape index (κ3) is 3.32. The van der Waals surface area contributed by atoms with Crippen LogP contribution in [0.1, 0.15) is 33.4 Å². The van der Waals surface area contributed by atoms with Crippen molar-refractivity contribution in [1.29, 1.82) is 0 Å². The molecule has 3 aromatic carbocycles. The molecule has 0 saturated heterocycles. The van der Waals surface area contributed by atoms with Gasteiger partial charge in [-0.2, -0.15) is 0 Å². The van der Waals surface area contributed by atoms with Crippen molar-refractivity contribution in [3.05, 3.63) is 75.8 Å². The number of benzene rings is 3. The first-order valence-corrected chi connectivity index (χ1v) is 8.94. The average Bonchev–Trinajstić information content (AvgIpc) is 2.57. The largest absolute Gasteiger partial charge is 0.507 e. The molecule has 3 aromatic rings. The molecular formula is C24H26O2. The molecule has 0 fully saturated rings. The maximum atomic E-state index is 10.0. The molecule has 0 bridgehead atoms. The number of phenolic OH excluding ortho intramolecular Hbond substituents is 1. The molecule has 0 aliphatic rings. The van der Waals surface area contributed by atoms with E-state index in [-0.39, 0.29) is 0 Å². The second-order valence-electron chi connectivity index (χ2n) is 7.22. The van der Waals surface area contributed by atoms with Gasteiger partial charge in [-0.05, 0) is 110 Å². The molecule has 1 N–H and O–H groups in total. The van der Waals surface area contributed by atoms with E-state index >= 15 is 0 Å². The molecule has 0 aliphatic carbocycles. The quantitative estimate of drug-likeness (QED) is 0.571. The molecule has 3 rings (SSSR count). The van der Waals surface area contributed by atoms with Crippen molar-refractivity contribution in [3.8, 4) is 28.4 Å². The molecule has 0 heterocycles. The Hall–Kier alpha value is -2.74. The van der Waals surface area contributed by atoms with E-state index < -0.39 is 0 Å². The lowest BCUT2D eigenvalue weighted by Crippen LogP contribution is -1.96. The van der Waals surface area contributed by atoms with Crippen LogP contribution in [-0.4, -0.2) is 5.11 Å². The van der Waals surface area contributed by atoms with Gasteiger partial charge in [-0.1, -0.05) is 18.2 Å². The minimum atomic E-state index is 0.372. The number of aryl methyl sites for hydroxylation is 6. The zero-order chi connectivity index (χ0) is 19.0. The molecule has 0 aliphatic heterocycles. The Morgan fingerprint density at radius 3 is 1.42 bits per heavy atom. The summed E-state index contributed by atoms with van der Waals surface area (Å²) >= 11 is 0. The Bertz CT molecular complexity index is 917. The van der Waals surface area contributed by atoms with Gasteiger partial charge in [0.05, 0.1) is 0 Å². The summed E-state index contributed by atoms with van der Waals surface area (Å²) in [5.41, 5.74) is 8.52. The van der Waals surface area contributed by atoms with Crippen LogP contribution in [0.5, 0.6) is 17.2 Å². The van der Waals surface area contributed by atoms with Gasteiger partial charge in [-0.25, -0.2) is 0 Å². The van der Waals surface area contributed by atoms with Crippen LogP contribution < -0.4 is 4.74 Å². The number of para-hydroxylation sites is 1. The average molecular weight is 346 g/mol. The van der Waals surface area contributed by atoms with Crippen LogP contribution in [0.15, 0.2) is 42.5 Å². The fraction of sp³-hybridized carbons (Fsp3) is 0.250. The normalized spacial score (nSPS) is 10.8. The highest BCUT2D eigenvalue weighted by Gasteiger charge is 2.13. The predicted octanol–water partition coefficient (Wildman–Crippen LogP) is 6.70. The Morgan fingerprint density at radius 1 is 0.577 bits per heavy atom. The van der Waals surface area contributed by atoms with E-state index in [1.807, 2.05) is 26.0 Å². The fourth-order valence-electron chi connectivity index (χ4n) is 3.46. The predicted molar refractivity (Wildman–Crippen MR) is 108 cm³/mol. The summed E-state index contributed by atoms with van der Waals surface area (Å²) in [5.74, 6) is 2.22. The summed E-state index contributed by atoms with van der Waals surface area (Å²) in [6.07, 6.45) is 0. The molecule has 0 aromatic heterocycles. The SMILES string of the molecule is Cc1cc(-c2cc(C)c(Oc3c(C)cccc3C)c(C)c2)cc(C)c1O. The summed E-state index contributed by atoms with van der Waals surface area (Å²) in [4.78, 5) is 0. The number of phenols is 1. The van der Waals surface area contributed by atoms with Gasteiger partial charge in [0.25, 0.3) is 0 Å². The Balaban J connectivity index is 2.04. The number of ether oxygens (including phenoxy) is 1. The third-order valence-electron chi connectivity index (χ3n) is 4.90. The van der Waals surface area contributed by atoms with Gasteiger partial charge in [0.15, 0.2) is 0 Å². The van der Waals surface area contributed by atoms with E-state index in [0.717, 1.165) is 56.0 Å². The second-order valence-corrected chi connectivity index (χ2v) is 7.22. The summed E-state index contributed by atoms with van der Waals surface area (Å²) in [6, 6.07) is 14.6. The van der Waals surface area contributed by atoms with Gasteiger partial charge in [0.2, 0.25) is 0 Å². The van der Waals surface area contributed by atoms with E-state index in [4.69, 9.17) is 4.74 Å². The van der Waals surface area contributed by atoms with Crippen molar-refractivity contribution in [2.24, 2.45) is 0 Å². The topological polar surface area (TPSA) is 29.5 Å². The standard InChI is InChI=1S/C24H26O2/c1-14-8-7-9-15(2)23(14)26-24-18(5)12-21(13-19(24)6)20-10-16(3)22(25)17(4)11-20/h7-13,25H,1-6H3. The fourth-order valence-corrected chi connectivity index (χ4v) is 3.46. The molecule has 0 atom stereocenters. The Morgan fingerprint density at radius 2 is 0.962 bits per heavy atom. The van der Waals surface area contributed by atoms with Crippen LogP contribution in [-0.2, 0) is 0 Å². The van der Waals surface area contributed by atoms with Gasteiger partial charge in [0.1, 0.15) is 17.2 Å². The lowest BCUT2D eigenvalue weighted by Gasteiger charge is -2.17. The van der Waals surface area contributed by atoms with E-state index in [1.54, 1.807) is 0 Å². The van der Waals surface area contributed by atoms with Crippen molar-refractivity contribution in [2.75, 3.05) is 0 Å². The first kappa shape index (κ1) is 18.1. The molecule has 0 saturated carbocycles.